The molecule has 1 saturated heterocycles. The van der Waals surface area contributed by atoms with Crippen LogP contribution in [0.15, 0.2) is 30.3 Å². The van der Waals surface area contributed by atoms with Crippen LogP contribution in [0.3, 0.4) is 0 Å². The predicted molar refractivity (Wildman–Crippen MR) is 88.6 cm³/mol. The zero-order chi connectivity index (χ0) is 14.9. The van der Waals surface area contributed by atoms with Crippen molar-refractivity contribution in [3.05, 3.63) is 35.9 Å². The lowest BCUT2D eigenvalue weighted by atomic mass is 10.0. The van der Waals surface area contributed by atoms with Crippen molar-refractivity contribution >= 4 is 0 Å². The summed E-state index contributed by atoms with van der Waals surface area (Å²) in [7, 11) is 0. The third kappa shape index (κ3) is 5.77. The van der Waals surface area contributed by atoms with Crippen LogP contribution < -0.4 is 5.32 Å². The molecule has 21 heavy (non-hydrogen) atoms. The van der Waals surface area contributed by atoms with Crippen molar-refractivity contribution in [1.82, 2.24) is 10.2 Å². The highest BCUT2D eigenvalue weighted by Gasteiger charge is 2.17. The fourth-order valence-corrected chi connectivity index (χ4v) is 2.99. The van der Waals surface area contributed by atoms with Gasteiger partial charge in [-0.3, -0.25) is 0 Å². The lowest BCUT2D eigenvalue weighted by molar-refractivity contribution is 0.0672. The fourth-order valence-electron chi connectivity index (χ4n) is 2.99. The zero-order valence-corrected chi connectivity index (χ0v) is 13.6. The molecule has 3 heteroatoms. The van der Waals surface area contributed by atoms with Crippen molar-refractivity contribution in [3.63, 3.8) is 0 Å². The minimum absolute atomic E-state index is 0.367. The van der Waals surface area contributed by atoms with Gasteiger partial charge in [-0.05, 0) is 38.3 Å². The Bertz CT molecular complexity index is 382. The predicted octanol–water partition coefficient (Wildman–Crippen LogP) is 3.23. The van der Waals surface area contributed by atoms with Crippen molar-refractivity contribution in [2.24, 2.45) is 0 Å². The van der Waals surface area contributed by atoms with Crippen LogP contribution in [0, 0.1) is 0 Å². The first-order valence-electron chi connectivity index (χ1n) is 8.42. The molecule has 0 spiro atoms. The minimum Gasteiger partial charge on any atom is -0.377 e. The first-order valence-corrected chi connectivity index (χ1v) is 8.42. The maximum atomic E-state index is 5.73. The molecule has 1 aliphatic heterocycles. The van der Waals surface area contributed by atoms with Gasteiger partial charge < -0.3 is 15.0 Å². The number of ether oxygens (including phenoxy) is 1. The summed E-state index contributed by atoms with van der Waals surface area (Å²) in [5, 5.41) is 3.69. The Kier molecular flexibility index (Phi) is 7.20. The van der Waals surface area contributed by atoms with Crippen molar-refractivity contribution in [2.45, 2.75) is 45.3 Å². The van der Waals surface area contributed by atoms with Gasteiger partial charge in [0.15, 0.2) is 0 Å². The second-order valence-electron chi connectivity index (χ2n) is 6.04. The number of rotatable bonds is 7. The Morgan fingerprint density at radius 2 is 2.14 bits per heavy atom. The molecule has 3 nitrogen and oxygen atoms in total. The van der Waals surface area contributed by atoms with Gasteiger partial charge in [0.2, 0.25) is 0 Å². The molecule has 1 heterocycles. The molecular formula is C18H30N2O. The first-order chi connectivity index (χ1) is 10.3. The van der Waals surface area contributed by atoms with E-state index in [4.69, 9.17) is 4.74 Å². The third-order valence-electron chi connectivity index (χ3n) is 4.11. The SMILES string of the molecule is CCCNC(CCN1CCCOC(C)C1)c1ccccc1. The van der Waals surface area contributed by atoms with Crippen LogP contribution >= 0.6 is 0 Å². The molecule has 0 bridgehead atoms. The molecule has 1 fully saturated rings. The first kappa shape index (κ1) is 16.5. The molecule has 1 aliphatic rings. The zero-order valence-electron chi connectivity index (χ0n) is 13.6. The van der Waals surface area contributed by atoms with Gasteiger partial charge in [0, 0.05) is 32.3 Å². The van der Waals surface area contributed by atoms with Crippen molar-refractivity contribution < 1.29 is 4.74 Å². The Labute approximate surface area is 129 Å². The van der Waals surface area contributed by atoms with Gasteiger partial charge in [-0.15, -0.1) is 0 Å². The van der Waals surface area contributed by atoms with Crippen LogP contribution in [0.5, 0.6) is 0 Å². The summed E-state index contributed by atoms with van der Waals surface area (Å²) in [6.45, 7) is 9.77. The summed E-state index contributed by atoms with van der Waals surface area (Å²) < 4.78 is 5.73. The van der Waals surface area contributed by atoms with E-state index in [-0.39, 0.29) is 0 Å². The van der Waals surface area contributed by atoms with E-state index < -0.39 is 0 Å². The number of hydrogen-bond acceptors (Lipinski definition) is 3. The Morgan fingerprint density at radius 3 is 2.90 bits per heavy atom. The molecule has 0 aliphatic carbocycles. The lowest BCUT2D eigenvalue weighted by Gasteiger charge is -2.25. The van der Waals surface area contributed by atoms with E-state index in [1.807, 2.05) is 0 Å². The molecule has 2 atom stereocenters. The molecule has 1 N–H and O–H groups in total. The second-order valence-corrected chi connectivity index (χ2v) is 6.04. The fraction of sp³-hybridized carbons (Fsp3) is 0.667. The Hall–Kier alpha value is -0.900. The summed E-state index contributed by atoms with van der Waals surface area (Å²) >= 11 is 0. The average molecular weight is 290 g/mol. The number of nitrogens with zero attached hydrogens (tertiary/aromatic N) is 1. The smallest absolute Gasteiger partial charge is 0.0673 e. The van der Waals surface area contributed by atoms with Gasteiger partial charge in [0.25, 0.3) is 0 Å². The third-order valence-corrected chi connectivity index (χ3v) is 4.11. The van der Waals surface area contributed by atoms with Crippen LogP contribution in [0.1, 0.15) is 44.7 Å². The maximum absolute atomic E-state index is 5.73. The molecule has 118 valence electrons. The normalized spacial score (nSPS) is 21.9. The Morgan fingerprint density at radius 1 is 1.33 bits per heavy atom. The van der Waals surface area contributed by atoms with Gasteiger partial charge >= 0.3 is 0 Å². The van der Waals surface area contributed by atoms with E-state index >= 15 is 0 Å². The summed E-state index contributed by atoms with van der Waals surface area (Å²) in [6, 6.07) is 11.3. The van der Waals surface area contributed by atoms with E-state index in [0.717, 1.165) is 39.1 Å². The highest BCUT2D eigenvalue weighted by Crippen LogP contribution is 2.18. The van der Waals surface area contributed by atoms with Crippen LogP contribution in [0.4, 0.5) is 0 Å². The van der Waals surface area contributed by atoms with E-state index in [1.165, 1.54) is 18.5 Å². The van der Waals surface area contributed by atoms with Gasteiger partial charge in [0.1, 0.15) is 0 Å². The van der Waals surface area contributed by atoms with Crippen LogP contribution in [-0.4, -0.2) is 43.8 Å². The molecule has 0 aromatic heterocycles. The summed E-state index contributed by atoms with van der Waals surface area (Å²) in [5.74, 6) is 0. The molecule has 0 radical (unpaired) electrons. The molecule has 2 unspecified atom stereocenters. The van der Waals surface area contributed by atoms with Crippen LogP contribution in [0.2, 0.25) is 0 Å². The highest BCUT2D eigenvalue weighted by atomic mass is 16.5. The quantitative estimate of drug-likeness (QED) is 0.834. The van der Waals surface area contributed by atoms with E-state index in [0.29, 0.717) is 12.1 Å². The monoisotopic (exact) mass is 290 g/mol. The van der Waals surface area contributed by atoms with E-state index in [9.17, 15) is 0 Å². The van der Waals surface area contributed by atoms with Gasteiger partial charge in [-0.25, -0.2) is 0 Å². The van der Waals surface area contributed by atoms with Gasteiger partial charge in [-0.1, -0.05) is 37.3 Å². The highest BCUT2D eigenvalue weighted by molar-refractivity contribution is 5.18. The standard InChI is InChI=1S/C18H30N2O/c1-3-11-19-18(17-8-5-4-6-9-17)10-13-20-12-7-14-21-16(2)15-20/h4-6,8-9,16,18-19H,3,7,10-15H2,1-2H3. The Balaban J connectivity index is 1.89. The summed E-state index contributed by atoms with van der Waals surface area (Å²) in [5.41, 5.74) is 1.41. The minimum atomic E-state index is 0.367. The lowest BCUT2D eigenvalue weighted by Crippen LogP contribution is -2.34. The van der Waals surface area contributed by atoms with Gasteiger partial charge in [0.05, 0.1) is 6.10 Å². The molecule has 2 rings (SSSR count). The molecular weight excluding hydrogens is 260 g/mol. The van der Waals surface area contributed by atoms with Crippen molar-refractivity contribution in [3.8, 4) is 0 Å². The second kappa shape index (κ2) is 9.19. The average Bonchev–Trinajstić information content (AvgIpc) is 2.72. The van der Waals surface area contributed by atoms with Crippen LogP contribution in [0.25, 0.3) is 0 Å². The molecule has 1 aromatic carbocycles. The summed E-state index contributed by atoms with van der Waals surface area (Å²) in [4.78, 5) is 2.56. The topological polar surface area (TPSA) is 24.5 Å². The largest absolute Gasteiger partial charge is 0.377 e. The maximum Gasteiger partial charge on any atom is 0.0673 e. The van der Waals surface area contributed by atoms with E-state index in [2.05, 4.69) is 54.4 Å². The van der Waals surface area contributed by atoms with E-state index in [1.54, 1.807) is 0 Å². The van der Waals surface area contributed by atoms with Gasteiger partial charge in [-0.2, -0.15) is 0 Å². The molecule has 0 saturated carbocycles. The number of benzene rings is 1. The van der Waals surface area contributed by atoms with Crippen molar-refractivity contribution in [1.29, 1.82) is 0 Å². The van der Waals surface area contributed by atoms with Crippen LogP contribution in [-0.2, 0) is 4.74 Å². The molecule has 0 amide bonds. The molecule has 1 aromatic rings. The number of hydrogen-bond donors (Lipinski definition) is 1. The summed E-state index contributed by atoms with van der Waals surface area (Å²) in [6.07, 6.45) is 3.86. The number of nitrogens with one attached hydrogen (secondary N) is 1. The van der Waals surface area contributed by atoms with Crippen molar-refractivity contribution in [2.75, 3.05) is 32.8 Å².